The predicted molar refractivity (Wildman–Crippen MR) is 48.6 cm³/mol. The molecule has 0 bridgehead atoms. The molecule has 0 aliphatic heterocycles. The number of hydrogen-bond donors (Lipinski definition) is 2. The summed E-state index contributed by atoms with van der Waals surface area (Å²) in [5, 5.41) is 16.3. The molecule has 70 valence electrons. The van der Waals surface area contributed by atoms with Gasteiger partial charge in [-0.1, -0.05) is 33.1 Å². The maximum atomic E-state index is 8.20. The molecule has 0 spiro atoms. The zero-order valence-corrected chi connectivity index (χ0v) is 7.84. The van der Waals surface area contributed by atoms with E-state index in [1.807, 2.05) is 0 Å². The molecule has 2 nitrogen and oxygen atoms in total. The minimum Gasteiger partial charge on any atom is -0.396 e. The molecule has 0 aliphatic carbocycles. The molecule has 0 saturated heterocycles. The lowest BCUT2D eigenvalue weighted by atomic mass is 10.3. The Bertz CT molecular complexity index is 40.8. The van der Waals surface area contributed by atoms with Crippen LogP contribution in [0.2, 0.25) is 0 Å². The van der Waals surface area contributed by atoms with E-state index in [2.05, 4.69) is 13.8 Å². The first-order valence-electron chi connectivity index (χ1n) is 4.55. The van der Waals surface area contributed by atoms with E-state index in [-0.39, 0.29) is 0 Å². The van der Waals surface area contributed by atoms with E-state index in [0.29, 0.717) is 13.2 Å². The van der Waals surface area contributed by atoms with Gasteiger partial charge in [-0.2, -0.15) is 0 Å². The molecule has 0 rings (SSSR count). The highest BCUT2D eigenvalue weighted by atomic mass is 16.3. The third kappa shape index (κ3) is 25.7. The average molecular weight is 162 g/mol. The SMILES string of the molecule is CCCCCO.CCCCO. The van der Waals surface area contributed by atoms with Crippen molar-refractivity contribution in [3.8, 4) is 0 Å². The minimum absolute atomic E-state index is 0.344. The Morgan fingerprint density at radius 2 is 1.18 bits per heavy atom. The third-order valence-corrected chi connectivity index (χ3v) is 1.27. The molecule has 0 amide bonds. The first-order valence-corrected chi connectivity index (χ1v) is 4.55. The highest BCUT2D eigenvalue weighted by Gasteiger charge is 1.76. The smallest absolute Gasteiger partial charge is 0.0431 e. The summed E-state index contributed by atoms with van der Waals surface area (Å²) in [6.07, 6.45) is 5.37. The van der Waals surface area contributed by atoms with Gasteiger partial charge in [0.1, 0.15) is 0 Å². The normalized spacial score (nSPS) is 8.73. The van der Waals surface area contributed by atoms with Gasteiger partial charge in [0.05, 0.1) is 0 Å². The summed E-state index contributed by atoms with van der Waals surface area (Å²) in [5.74, 6) is 0. The molecule has 0 aliphatic rings. The Morgan fingerprint density at radius 1 is 0.727 bits per heavy atom. The Hall–Kier alpha value is -0.0800. The average Bonchev–Trinajstić information content (AvgIpc) is 2.04. The summed E-state index contributed by atoms with van der Waals surface area (Å²) in [6, 6.07) is 0. The first kappa shape index (κ1) is 13.5. The molecular weight excluding hydrogens is 140 g/mol. The Balaban J connectivity index is 0. The van der Waals surface area contributed by atoms with Gasteiger partial charge in [0.25, 0.3) is 0 Å². The van der Waals surface area contributed by atoms with Crippen molar-refractivity contribution in [3.05, 3.63) is 0 Å². The highest BCUT2D eigenvalue weighted by Crippen LogP contribution is 1.89. The fourth-order valence-corrected chi connectivity index (χ4v) is 0.520. The maximum Gasteiger partial charge on any atom is 0.0431 e. The van der Waals surface area contributed by atoms with Crippen molar-refractivity contribution in [2.45, 2.75) is 46.0 Å². The lowest BCUT2D eigenvalue weighted by Crippen LogP contribution is -1.78. The minimum atomic E-state index is 0.344. The van der Waals surface area contributed by atoms with E-state index in [0.717, 1.165) is 25.7 Å². The quantitative estimate of drug-likeness (QED) is 0.607. The molecule has 0 aromatic carbocycles. The molecule has 2 N–H and O–H groups in total. The van der Waals surface area contributed by atoms with Gasteiger partial charge in [-0.3, -0.25) is 0 Å². The van der Waals surface area contributed by atoms with Crippen molar-refractivity contribution >= 4 is 0 Å². The van der Waals surface area contributed by atoms with Crippen LogP contribution >= 0.6 is 0 Å². The second kappa shape index (κ2) is 16.5. The Labute approximate surface area is 70.3 Å². The van der Waals surface area contributed by atoms with Gasteiger partial charge in [0.15, 0.2) is 0 Å². The topological polar surface area (TPSA) is 40.5 Å². The summed E-state index contributed by atoms with van der Waals surface area (Å²) in [6.45, 7) is 4.87. The molecule has 0 heterocycles. The second-order valence-electron chi connectivity index (χ2n) is 2.51. The van der Waals surface area contributed by atoms with Crippen LogP contribution in [0.4, 0.5) is 0 Å². The monoisotopic (exact) mass is 162 g/mol. The van der Waals surface area contributed by atoms with Crippen molar-refractivity contribution in [3.63, 3.8) is 0 Å². The van der Waals surface area contributed by atoms with Crippen LogP contribution in [0.3, 0.4) is 0 Å². The fraction of sp³-hybridized carbons (Fsp3) is 1.00. The number of aliphatic hydroxyl groups is 2. The zero-order valence-electron chi connectivity index (χ0n) is 7.84. The summed E-state index contributed by atoms with van der Waals surface area (Å²) < 4.78 is 0. The summed E-state index contributed by atoms with van der Waals surface area (Å²) in [7, 11) is 0. The van der Waals surface area contributed by atoms with Crippen molar-refractivity contribution in [1.82, 2.24) is 0 Å². The van der Waals surface area contributed by atoms with E-state index in [1.54, 1.807) is 0 Å². The van der Waals surface area contributed by atoms with Crippen molar-refractivity contribution < 1.29 is 10.2 Å². The molecule has 0 atom stereocenters. The fourth-order valence-electron chi connectivity index (χ4n) is 0.520. The van der Waals surface area contributed by atoms with Crippen LogP contribution in [0.25, 0.3) is 0 Å². The standard InChI is InChI=1S/C5H12O.C4H10O/c1-2-3-4-5-6;1-2-3-4-5/h6H,2-5H2,1H3;5H,2-4H2,1H3. The summed E-state index contributed by atoms with van der Waals surface area (Å²) >= 11 is 0. The van der Waals surface area contributed by atoms with Crippen LogP contribution in [0, 0.1) is 0 Å². The van der Waals surface area contributed by atoms with Gasteiger partial charge in [-0.15, -0.1) is 0 Å². The van der Waals surface area contributed by atoms with Crippen molar-refractivity contribution in [1.29, 1.82) is 0 Å². The van der Waals surface area contributed by atoms with Gasteiger partial charge in [-0.05, 0) is 12.8 Å². The predicted octanol–water partition coefficient (Wildman–Crippen LogP) is 1.95. The summed E-state index contributed by atoms with van der Waals surface area (Å²) in [5.41, 5.74) is 0. The maximum absolute atomic E-state index is 8.20. The molecule has 11 heavy (non-hydrogen) atoms. The highest BCUT2D eigenvalue weighted by molar-refractivity contribution is 4.30. The van der Waals surface area contributed by atoms with Gasteiger partial charge in [0.2, 0.25) is 0 Å². The molecule has 0 aromatic heterocycles. The molecule has 0 radical (unpaired) electrons. The van der Waals surface area contributed by atoms with Gasteiger partial charge < -0.3 is 10.2 Å². The lowest BCUT2D eigenvalue weighted by Gasteiger charge is -1.85. The lowest BCUT2D eigenvalue weighted by molar-refractivity contribution is 0.284. The first-order chi connectivity index (χ1) is 5.33. The Kier molecular flexibility index (Phi) is 20.2. The van der Waals surface area contributed by atoms with Crippen molar-refractivity contribution in [2.75, 3.05) is 13.2 Å². The second-order valence-corrected chi connectivity index (χ2v) is 2.51. The summed E-state index contributed by atoms with van der Waals surface area (Å²) in [4.78, 5) is 0. The molecule has 0 unspecified atom stereocenters. The molecule has 0 saturated carbocycles. The number of rotatable bonds is 5. The van der Waals surface area contributed by atoms with Gasteiger partial charge in [-0.25, -0.2) is 0 Å². The molecule has 2 heteroatoms. The van der Waals surface area contributed by atoms with Crippen LogP contribution in [-0.2, 0) is 0 Å². The van der Waals surface area contributed by atoms with E-state index in [9.17, 15) is 0 Å². The van der Waals surface area contributed by atoms with Gasteiger partial charge in [0, 0.05) is 13.2 Å². The Morgan fingerprint density at radius 3 is 1.27 bits per heavy atom. The molecular formula is C9H22O2. The van der Waals surface area contributed by atoms with Gasteiger partial charge >= 0.3 is 0 Å². The van der Waals surface area contributed by atoms with Crippen LogP contribution in [0.5, 0.6) is 0 Å². The van der Waals surface area contributed by atoms with Crippen molar-refractivity contribution in [2.24, 2.45) is 0 Å². The molecule has 0 aromatic rings. The number of hydrogen-bond acceptors (Lipinski definition) is 2. The largest absolute Gasteiger partial charge is 0.396 e. The van der Waals surface area contributed by atoms with E-state index >= 15 is 0 Å². The zero-order chi connectivity index (χ0) is 8.95. The van der Waals surface area contributed by atoms with E-state index < -0.39 is 0 Å². The van der Waals surface area contributed by atoms with Crippen LogP contribution in [0.1, 0.15) is 46.0 Å². The number of aliphatic hydroxyl groups excluding tert-OH is 2. The van der Waals surface area contributed by atoms with Crippen LogP contribution in [-0.4, -0.2) is 23.4 Å². The number of unbranched alkanes of at least 4 members (excludes halogenated alkanes) is 3. The van der Waals surface area contributed by atoms with Crippen LogP contribution < -0.4 is 0 Å². The molecule has 0 fully saturated rings. The van der Waals surface area contributed by atoms with Crippen LogP contribution in [0.15, 0.2) is 0 Å². The van der Waals surface area contributed by atoms with E-state index in [4.69, 9.17) is 10.2 Å². The van der Waals surface area contributed by atoms with E-state index in [1.165, 1.54) is 6.42 Å². The third-order valence-electron chi connectivity index (χ3n) is 1.27.